The lowest BCUT2D eigenvalue weighted by molar-refractivity contribution is -0.384. The highest BCUT2D eigenvalue weighted by Crippen LogP contribution is 2.40. The molecule has 0 unspecified atom stereocenters. The van der Waals surface area contributed by atoms with Crippen molar-refractivity contribution in [1.29, 1.82) is 0 Å². The van der Waals surface area contributed by atoms with Gasteiger partial charge in [0.2, 0.25) is 5.75 Å². The van der Waals surface area contributed by atoms with E-state index in [0.717, 1.165) is 0 Å². The number of nitrogens with one attached hydrogen (secondary N) is 2. The van der Waals surface area contributed by atoms with E-state index in [-0.39, 0.29) is 42.5 Å². The molecule has 1 amide bonds. The van der Waals surface area contributed by atoms with E-state index in [2.05, 4.69) is 25.6 Å². The fourth-order valence-electron chi connectivity index (χ4n) is 4.38. The molecule has 0 saturated carbocycles. The summed E-state index contributed by atoms with van der Waals surface area (Å²) in [5.74, 6) is 0.982. The van der Waals surface area contributed by atoms with Gasteiger partial charge in [0.25, 0.3) is 17.2 Å². The number of rotatable bonds is 11. The van der Waals surface area contributed by atoms with Crippen LogP contribution in [0.3, 0.4) is 0 Å². The standard InChI is InChI=1S/C27H26N8O7/c1-40-22-10-17(11-23(41-2)24(22)42-3)20-12-21(32-31-20)26(36)28-8-9-34-25-19(13-30-34)27(37)33(15-29-25)14-16-4-6-18(7-5-16)35(38)39/h4-7,10-13,15H,8-9,14H2,1-3H3,(H,28,36)(H,31,32). The van der Waals surface area contributed by atoms with Gasteiger partial charge in [-0.05, 0) is 23.8 Å². The molecule has 0 atom stereocenters. The molecule has 5 rings (SSSR count). The molecule has 15 nitrogen and oxygen atoms in total. The second-order valence-electron chi connectivity index (χ2n) is 9.04. The number of aromatic nitrogens is 6. The number of non-ortho nitro benzene ring substituents is 1. The van der Waals surface area contributed by atoms with Crippen molar-refractivity contribution in [2.45, 2.75) is 13.1 Å². The maximum atomic E-state index is 13.0. The summed E-state index contributed by atoms with van der Waals surface area (Å²) in [5.41, 5.74) is 2.17. The number of nitrogens with zero attached hydrogens (tertiary/aromatic N) is 6. The molecule has 0 radical (unpaired) electrons. The van der Waals surface area contributed by atoms with Gasteiger partial charge in [0.15, 0.2) is 17.1 Å². The fraction of sp³-hybridized carbons (Fsp3) is 0.222. The minimum atomic E-state index is -0.482. The average Bonchev–Trinajstić information content (AvgIpc) is 3.66. The van der Waals surface area contributed by atoms with Gasteiger partial charge in [-0.2, -0.15) is 10.2 Å². The van der Waals surface area contributed by atoms with E-state index in [9.17, 15) is 19.7 Å². The number of fused-ring (bicyclic) bond motifs is 1. The summed E-state index contributed by atoms with van der Waals surface area (Å²) in [4.78, 5) is 40.5. The SMILES string of the molecule is COc1cc(-c2cc(C(=O)NCCn3ncc4c(=O)n(Cc5ccc([N+](=O)[O-])cc5)cnc43)[nH]n2)cc(OC)c1OC. The molecule has 0 fully saturated rings. The first-order valence-corrected chi connectivity index (χ1v) is 12.6. The largest absolute Gasteiger partial charge is 0.493 e. The predicted octanol–water partition coefficient (Wildman–Crippen LogP) is 2.40. The van der Waals surface area contributed by atoms with Crippen molar-refractivity contribution in [3.63, 3.8) is 0 Å². The van der Waals surface area contributed by atoms with Gasteiger partial charge >= 0.3 is 0 Å². The number of hydrogen-bond acceptors (Lipinski definition) is 10. The first kappa shape index (κ1) is 27.8. The van der Waals surface area contributed by atoms with Crippen LogP contribution in [0, 0.1) is 10.1 Å². The lowest BCUT2D eigenvalue weighted by atomic mass is 10.1. The predicted molar refractivity (Wildman–Crippen MR) is 150 cm³/mol. The zero-order chi connectivity index (χ0) is 29.8. The number of benzene rings is 2. The van der Waals surface area contributed by atoms with Crippen LogP contribution in [-0.2, 0) is 13.1 Å². The molecule has 216 valence electrons. The van der Waals surface area contributed by atoms with E-state index in [1.165, 1.54) is 55.2 Å². The number of hydrogen-bond donors (Lipinski definition) is 2. The summed E-state index contributed by atoms with van der Waals surface area (Å²) in [6.07, 6.45) is 2.83. The van der Waals surface area contributed by atoms with Crippen LogP contribution < -0.4 is 25.1 Å². The number of carbonyl (C=O) groups excluding carboxylic acids is 1. The van der Waals surface area contributed by atoms with Gasteiger partial charge in [0.1, 0.15) is 17.4 Å². The lowest BCUT2D eigenvalue weighted by Crippen LogP contribution is -2.28. The Hall–Kier alpha value is -5.73. The van der Waals surface area contributed by atoms with Crippen molar-refractivity contribution in [1.82, 2.24) is 34.8 Å². The topological polar surface area (TPSA) is 181 Å². The summed E-state index contributed by atoms with van der Waals surface area (Å²) in [7, 11) is 4.54. The van der Waals surface area contributed by atoms with E-state index in [1.807, 2.05) is 0 Å². The van der Waals surface area contributed by atoms with Crippen molar-refractivity contribution >= 4 is 22.6 Å². The van der Waals surface area contributed by atoms with Gasteiger partial charge in [0.05, 0.1) is 51.2 Å². The van der Waals surface area contributed by atoms with Crippen molar-refractivity contribution in [2.24, 2.45) is 0 Å². The van der Waals surface area contributed by atoms with Crippen LogP contribution in [-0.4, -0.2) is 68.2 Å². The Bertz CT molecular complexity index is 1800. The number of nitro groups is 1. The molecule has 0 aliphatic heterocycles. The second-order valence-corrected chi connectivity index (χ2v) is 9.04. The van der Waals surface area contributed by atoms with Crippen LogP contribution in [0.25, 0.3) is 22.3 Å². The highest BCUT2D eigenvalue weighted by atomic mass is 16.6. The van der Waals surface area contributed by atoms with Crippen molar-refractivity contribution in [3.8, 4) is 28.5 Å². The first-order chi connectivity index (χ1) is 20.3. The van der Waals surface area contributed by atoms with Crippen molar-refractivity contribution in [2.75, 3.05) is 27.9 Å². The second kappa shape index (κ2) is 11.8. The van der Waals surface area contributed by atoms with Crippen LogP contribution in [0.5, 0.6) is 17.2 Å². The van der Waals surface area contributed by atoms with E-state index in [4.69, 9.17) is 14.2 Å². The molecule has 5 aromatic rings. The minimum absolute atomic E-state index is 0.0282. The van der Waals surface area contributed by atoms with Gasteiger partial charge in [-0.15, -0.1) is 0 Å². The third-order valence-corrected chi connectivity index (χ3v) is 6.51. The van der Waals surface area contributed by atoms with Crippen LogP contribution in [0.2, 0.25) is 0 Å². The molecule has 0 saturated heterocycles. The van der Waals surface area contributed by atoms with Crippen molar-refractivity contribution in [3.05, 3.63) is 86.7 Å². The third kappa shape index (κ3) is 5.47. The molecule has 3 aromatic heterocycles. The quantitative estimate of drug-likeness (QED) is 0.176. The molecule has 3 heterocycles. The lowest BCUT2D eigenvalue weighted by Gasteiger charge is -2.13. The summed E-state index contributed by atoms with van der Waals surface area (Å²) >= 11 is 0. The average molecular weight is 575 g/mol. The number of carbonyl (C=O) groups is 1. The third-order valence-electron chi connectivity index (χ3n) is 6.51. The molecule has 42 heavy (non-hydrogen) atoms. The van der Waals surface area contributed by atoms with Crippen LogP contribution in [0.15, 0.2) is 59.8 Å². The first-order valence-electron chi connectivity index (χ1n) is 12.6. The van der Waals surface area contributed by atoms with Gasteiger partial charge in [-0.25, -0.2) is 9.67 Å². The molecule has 0 spiro atoms. The van der Waals surface area contributed by atoms with Gasteiger partial charge in [-0.3, -0.25) is 29.4 Å². The maximum absolute atomic E-state index is 13.0. The number of nitro benzene ring substituents is 1. The Labute approximate surface area is 237 Å². The Kier molecular flexibility index (Phi) is 7.81. The monoisotopic (exact) mass is 574 g/mol. The van der Waals surface area contributed by atoms with E-state index >= 15 is 0 Å². The minimum Gasteiger partial charge on any atom is -0.493 e. The molecule has 2 N–H and O–H groups in total. The number of methoxy groups -OCH3 is 3. The highest BCUT2D eigenvalue weighted by Gasteiger charge is 2.18. The zero-order valence-corrected chi connectivity index (χ0v) is 22.9. The number of H-pyrrole nitrogens is 1. The molecule has 0 aliphatic carbocycles. The van der Waals surface area contributed by atoms with Gasteiger partial charge in [0, 0.05) is 24.2 Å². The molecule has 15 heteroatoms. The van der Waals surface area contributed by atoms with Crippen LogP contribution >= 0.6 is 0 Å². The summed E-state index contributed by atoms with van der Waals surface area (Å²) in [6, 6.07) is 11.0. The highest BCUT2D eigenvalue weighted by molar-refractivity contribution is 5.93. The number of amides is 1. The Morgan fingerprint density at radius 1 is 1.07 bits per heavy atom. The Morgan fingerprint density at radius 3 is 2.43 bits per heavy atom. The normalized spacial score (nSPS) is 10.9. The maximum Gasteiger partial charge on any atom is 0.269 e. The molecule has 0 aliphatic rings. The fourth-order valence-corrected chi connectivity index (χ4v) is 4.38. The molecular weight excluding hydrogens is 548 g/mol. The number of ether oxygens (including phenoxy) is 3. The summed E-state index contributed by atoms with van der Waals surface area (Å²) < 4.78 is 19.1. The van der Waals surface area contributed by atoms with Gasteiger partial charge < -0.3 is 19.5 Å². The van der Waals surface area contributed by atoms with Crippen LogP contribution in [0.4, 0.5) is 5.69 Å². The Morgan fingerprint density at radius 2 is 1.79 bits per heavy atom. The summed E-state index contributed by atoms with van der Waals surface area (Å²) in [5, 5.41) is 25.2. The molecular formula is C27H26N8O7. The van der Waals surface area contributed by atoms with Crippen LogP contribution in [0.1, 0.15) is 16.1 Å². The van der Waals surface area contributed by atoms with E-state index in [1.54, 1.807) is 30.3 Å². The molecule has 0 bridgehead atoms. The smallest absolute Gasteiger partial charge is 0.269 e. The van der Waals surface area contributed by atoms with Crippen molar-refractivity contribution < 1.29 is 23.9 Å². The zero-order valence-electron chi connectivity index (χ0n) is 22.9. The Balaban J connectivity index is 1.23. The van der Waals surface area contributed by atoms with E-state index in [0.29, 0.717) is 45.1 Å². The molecule has 2 aromatic carbocycles. The van der Waals surface area contributed by atoms with Gasteiger partial charge in [-0.1, -0.05) is 12.1 Å². The number of aromatic amines is 1. The van der Waals surface area contributed by atoms with E-state index < -0.39 is 4.92 Å². The summed E-state index contributed by atoms with van der Waals surface area (Å²) in [6.45, 7) is 0.674.